The zero-order chi connectivity index (χ0) is 21.2. The van der Waals surface area contributed by atoms with Gasteiger partial charge in [0.1, 0.15) is 11.5 Å². The van der Waals surface area contributed by atoms with Crippen molar-refractivity contribution in [3.63, 3.8) is 0 Å². The van der Waals surface area contributed by atoms with E-state index in [4.69, 9.17) is 0 Å². The molecule has 1 aliphatic rings. The lowest BCUT2D eigenvalue weighted by Gasteiger charge is -2.36. The summed E-state index contributed by atoms with van der Waals surface area (Å²) in [6.45, 7) is 1.68. The molecule has 1 saturated heterocycles. The number of aliphatic hydroxyl groups is 1. The van der Waals surface area contributed by atoms with Crippen LogP contribution >= 0.6 is 0 Å². The lowest BCUT2D eigenvalue weighted by atomic mass is 10.1. The van der Waals surface area contributed by atoms with Crippen molar-refractivity contribution < 1.29 is 27.6 Å². The number of alkyl halides is 3. The van der Waals surface area contributed by atoms with Crippen LogP contribution in [0, 0.1) is 15.9 Å². The van der Waals surface area contributed by atoms with Gasteiger partial charge in [0.05, 0.1) is 16.6 Å². The Morgan fingerprint density at radius 2 is 1.76 bits per heavy atom. The highest BCUT2D eigenvalue weighted by molar-refractivity contribution is 5.65. The zero-order valence-electron chi connectivity index (χ0n) is 15.3. The summed E-state index contributed by atoms with van der Waals surface area (Å²) in [5.74, 6) is -0.501. The van der Waals surface area contributed by atoms with E-state index in [9.17, 15) is 32.8 Å². The lowest BCUT2D eigenvalue weighted by molar-refractivity contribution is -0.384. The quantitative estimate of drug-likeness (QED) is 0.461. The first-order chi connectivity index (χ1) is 13.7. The molecule has 0 saturated carbocycles. The molecule has 1 fully saturated rings. The monoisotopic (exact) mass is 413 g/mol. The Balaban J connectivity index is 1.68. The van der Waals surface area contributed by atoms with Crippen LogP contribution in [0.15, 0.2) is 42.5 Å². The van der Waals surface area contributed by atoms with Crippen LogP contribution in [-0.2, 0) is 6.18 Å². The summed E-state index contributed by atoms with van der Waals surface area (Å²) in [4.78, 5) is 14.0. The Bertz CT molecular complexity index is 883. The summed E-state index contributed by atoms with van der Waals surface area (Å²) >= 11 is 0. The fourth-order valence-corrected chi connectivity index (χ4v) is 3.37. The van der Waals surface area contributed by atoms with Crippen molar-refractivity contribution in [3.05, 3.63) is 69.5 Å². The molecule has 1 atom stereocenters. The highest BCUT2D eigenvalue weighted by Crippen LogP contribution is 2.36. The van der Waals surface area contributed by atoms with Crippen LogP contribution in [0.25, 0.3) is 0 Å². The molecule has 29 heavy (non-hydrogen) atoms. The summed E-state index contributed by atoms with van der Waals surface area (Å²) in [6, 6.07) is 8.41. The number of β-amino-alcohol motifs (C(OH)–C–C–N with tert-alkyl or cyclic N) is 1. The average molecular weight is 413 g/mol. The fraction of sp³-hybridized carbons (Fsp3) is 0.368. The molecule has 156 valence electrons. The maximum Gasteiger partial charge on any atom is 0.416 e. The van der Waals surface area contributed by atoms with Gasteiger partial charge in [-0.3, -0.25) is 15.0 Å². The van der Waals surface area contributed by atoms with Crippen LogP contribution in [0.3, 0.4) is 0 Å². The third-order valence-electron chi connectivity index (χ3n) is 4.91. The molecule has 6 nitrogen and oxygen atoms in total. The van der Waals surface area contributed by atoms with Crippen LogP contribution in [-0.4, -0.2) is 47.7 Å². The van der Waals surface area contributed by atoms with Crippen molar-refractivity contribution in [2.45, 2.75) is 12.3 Å². The first-order valence-corrected chi connectivity index (χ1v) is 8.92. The minimum Gasteiger partial charge on any atom is -0.387 e. The number of hydrogen-bond donors (Lipinski definition) is 1. The first-order valence-electron chi connectivity index (χ1n) is 8.92. The highest BCUT2D eigenvalue weighted by atomic mass is 19.4. The van der Waals surface area contributed by atoms with Crippen LogP contribution < -0.4 is 4.90 Å². The highest BCUT2D eigenvalue weighted by Gasteiger charge is 2.34. The third kappa shape index (κ3) is 4.83. The Labute approximate surface area is 164 Å². The average Bonchev–Trinajstić information content (AvgIpc) is 2.67. The van der Waals surface area contributed by atoms with Gasteiger partial charge in [-0.05, 0) is 18.2 Å². The molecule has 1 heterocycles. The van der Waals surface area contributed by atoms with E-state index in [1.165, 1.54) is 18.2 Å². The van der Waals surface area contributed by atoms with Gasteiger partial charge in [-0.15, -0.1) is 0 Å². The topological polar surface area (TPSA) is 69.9 Å². The van der Waals surface area contributed by atoms with Gasteiger partial charge in [-0.1, -0.05) is 18.2 Å². The van der Waals surface area contributed by atoms with Gasteiger partial charge in [0.25, 0.3) is 5.69 Å². The molecule has 2 aromatic carbocycles. The normalized spacial score (nSPS) is 16.7. The number of nitrogens with zero attached hydrogens (tertiary/aromatic N) is 3. The van der Waals surface area contributed by atoms with E-state index >= 15 is 0 Å². The van der Waals surface area contributed by atoms with Crippen molar-refractivity contribution in [1.82, 2.24) is 4.90 Å². The van der Waals surface area contributed by atoms with E-state index < -0.39 is 34.3 Å². The lowest BCUT2D eigenvalue weighted by Crippen LogP contribution is -2.47. The van der Waals surface area contributed by atoms with Crippen LogP contribution in [0.4, 0.5) is 28.9 Å². The molecule has 2 aromatic rings. The third-order valence-corrected chi connectivity index (χ3v) is 4.91. The molecule has 0 spiro atoms. The number of anilines is 1. The van der Waals surface area contributed by atoms with E-state index in [-0.39, 0.29) is 17.8 Å². The van der Waals surface area contributed by atoms with Crippen LogP contribution in [0.2, 0.25) is 0 Å². The van der Waals surface area contributed by atoms with Crippen molar-refractivity contribution in [2.24, 2.45) is 0 Å². The van der Waals surface area contributed by atoms with E-state index in [0.717, 1.165) is 12.1 Å². The number of aliphatic hydroxyl groups excluding tert-OH is 1. The summed E-state index contributed by atoms with van der Waals surface area (Å²) in [6.07, 6.45) is -5.69. The Morgan fingerprint density at radius 3 is 2.34 bits per heavy atom. The molecular weight excluding hydrogens is 394 g/mol. The fourth-order valence-electron chi connectivity index (χ4n) is 3.37. The molecule has 10 heteroatoms. The second-order valence-electron chi connectivity index (χ2n) is 6.78. The molecule has 0 amide bonds. The van der Waals surface area contributed by atoms with E-state index in [2.05, 4.69) is 0 Å². The SMILES string of the molecule is O=[N+]([O-])c1cc(C(F)(F)F)ccc1N1CCN(C[C@@H](O)c2ccccc2F)CC1. The van der Waals surface area contributed by atoms with Gasteiger partial charge in [0.15, 0.2) is 0 Å². The van der Waals surface area contributed by atoms with Crippen molar-refractivity contribution in [3.8, 4) is 0 Å². The smallest absolute Gasteiger partial charge is 0.387 e. The van der Waals surface area contributed by atoms with Gasteiger partial charge in [-0.2, -0.15) is 13.2 Å². The predicted octanol–water partition coefficient (Wildman–Crippen LogP) is 3.61. The number of benzene rings is 2. The van der Waals surface area contributed by atoms with Crippen molar-refractivity contribution in [2.75, 3.05) is 37.6 Å². The predicted molar refractivity (Wildman–Crippen MR) is 98.1 cm³/mol. The molecular formula is C19H19F4N3O3. The Hall–Kier alpha value is -2.72. The second kappa shape index (κ2) is 8.34. The first kappa shape index (κ1) is 21.0. The van der Waals surface area contributed by atoms with Gasteiger partial charge >= 0.3 is 6.18 Å². The van der Waals surface area contributed by atoms with Gasteiger partial charge in [0, 0.05) is 44.4 Å². The maximum atomic E-state index is 13.8. The number of nitro groups is 1. The number of rotatable bonds is 5. The minimum absolute atomic E-state index is 0.123. The molecule has 0 aliphatic carbocycles. The standard InChI is InChI=1S/C19H19F4N3O3/c20-15-4-2-1-3-14(15)18(27)12-24-7-9-25(10-8-24)16-6-5-13(19(21,22)23)11-17(16)26(28)29/h1-6,11,18,27H,7-10,12H2/t18-/m1/s1. The summed E-state index contributed by atoms with van der Waals surface area (Å²) in [5.41, 5.74) is -1.36. The van der Waals surface area contributed by atoms with Gasteiger partial charge < -0.3 is 10.0 Å². The molecule has 1 aliphatic heterocycles. The number of halogens is 4. The summed E-state index contributed by atoms with van der Waals surface area (Å²) in [5, 5.41) is 21.5. The zero-order valence-corrected chi connectivity index (χ0v) is 15.3. The largest absolute Gasteiger partial charge is 0.416 e. The van der Waals surface area contributed by atoms with Gasteiger partial charge in [0.2, 0.25) is 0 Å². The molecule has 1 N–H and O–H groups in total. The van der Waals surface area contributed by atoms with E-state index in [1.807, 2.05) is 4.90 Å². The minimum atomic E-state index is -4.66. The Kier molecular flexibility index (Phi) is 6.04. The number of hydrogen-bond acceptors (Lipinski definition) is 5. The van der Waals surface area contributed by atoms with Crippen LogP contribution in [0.5, 0.6) is 0 Å². The summed E-state index contributed by atoms with van der Waals surface area (Å²) < 4.78 is 52.3. The van der Waals surface area contributed by atoms with E-state index in [0.29, 0.717) is 32.2 Å². The van der Waals surface area contributed by atoms with Crippen molar-refractivity contribution >= 4 is 11.4 Å². The van der Waals surface area contributed by atoms with Crippen LogP contribution in [0.1, 0.15) is 17.2 Å². The van der Waals surface area contributed by atoms with Crippen molar-refractivity contribution in [1.29, 1.82) is 0 Å². The maximum absolute atomic E-state index is 13.8. The molecule has 0 aromatic heterocycles. The molecule has 3 rings (SSSR count). The van der Waals surface area contributed by atoms with Gasteiger partial charge in [-0.25, -0.2) is 4.39 Å². The van der Waals surface area contributed by atoms with E-state index in [1.54, 1.807) is 11.0 Å². The molecule has 0 radical (unpaired) electrons. The summed E-state index contributed by atoms with van der Waals surface area (Å²) in [7, 11) is 0. The molecule has 0 bridgehead atoms. The number of nitro benzene ring substituents is 1. The second-order valence-corrected chi connectivity index (χ2v) is 6.78. The number of piperazine rings is 1. The Morgan fingerprint density at radius 1 is 1.10 bits per heavy atom. The molecule has 0 unspecified atom stereocenters.